The predicted molar refractivity (Wildman–Crippen MR) is 80.2 cm³/mol. The van der Waals surface area contributed by atoms with Crippen LogP contribution in [0, 0.1) is 0 Å². The average Bonchev–Trinajstić information content (AvgIpc) is 2.44. The Morgan fingerprint density at radius 3 is 2.11 bits per heavy atom. The quantitative estimate of drug-likeness (QED) is 0.855. The molecule has 1 saturated carbocycles. The van der Waals surface area contributed by atoms with Gasteiger partial charge in [0.2, 0.25) is 0 Å². The normalized spacial score (nSPS) is 23.6. The lowest BCUT2D eigenvalue weighted by Gasteiger charge is -2.38. The third kappa shape index (κ3) is 2.87. The third-order valence-corrected chi connectivity index (χ3v) is 4.19. The van der Waals surface area contributed by atoms with Crippen molar-refractivity contribution in [3.63, 3.8) is 0 Å². The fraction of sp³-hybridized carbons (Fsp3) is 0.333. The molecule has 1 aliphatic rings. The van der Waals surface area contributed by atoms with E-state index in [1.807, 2.05) is 0 Å². The van der Waals surface area contributed by atoms with Crippen LogP contribution in [-0.2, 0) is 0 Å². The molecule has 0 unspecified atom stereocenters. The van der Waals surface area contributed by atoms with E-state index >= 15 is 0 Å². The van der Waals surface area contributed by atoms with Crippen LogP contribution in [-0.4, -0.2) is 6.04 Å². The molecule has 0 amide bonds. The molecule has 98 valence electrons. The summed E-state index contributed by atoms with van der Waals surface area (Å²) in [6, 6.07) is 22.7. The zero-order valence-corrected chi connectivity index (χ0v) is 11.4. The summed E-state index contributed by atoms with van der Waals surface area (Å²) in [4.78, 5) is 0. The Bertz CT molecular complexity index is 500. The summed E-state index contributed by atoms with van der Waals surface area (Å²) < 4.78 is 0. The van der Waals surface area contributed by atoms with E-state index < -0.39 is 0 Å². The summed E-state index contributed by atoms with van der Waals surface area (Å²) in [5.41, 5.74) is 2.87. The van der Waals surface area contributed by atoms with Crippen molar-refractivity contribution in [2.75, 3.05) is 0 Å². The Kier molecular flexibility index (Phi) is 3.65. The van der Waals surface area contributed by atoms with Crippen LogP contribution in [0.5, 0.6) is 0 Å². The number of benzene rings is 2. The summed E-state index contributed by atoms with van der Waals surface area (Å²) >= 11 is 0. The van der Waals surface area contributed by atoms with Crippen LogP contribution in [0.1, 0.15) is 42.9 Å². The van der Waals surface area contributed by atoms with Gasteiger partial charge < -0.3 is 5.32 Å². The highest BCUT2D eigenvalue weighted by molar-refractivity contribution is 5.23. The molecule has 0 saturated heterocycles. The first-order valence-corrected chi connectivity index (χ1v) is 7.19. The molecule has 0 heterocycles. The van der Waals surface area contributed by atoms with Crippen molar-refractivity contribution in [2.24, 2.45) is 0 Å². The van der Waals surface area contributed by atoms with Crippen LogP contribution in [0.25, 0.3) is 0 Å². The molecule has 1 N–H and O–H groups in total. The summed E-state index contributed by atoms with van der Waals surface area (Å²) in [5.74, 6) is 0.752. The first kappa shape index (κ1) is 12.4. The molecule has 19 heavy (non-hydrogen) atoms. The Morgan fingerprint density at radius 2 is 1.47 bits per heavy atom. The topological polar surface area (TPSA) is 12.0 Å². The Balaban J connectivity index is 1.52. The lowest BCUT2D eigenvalue weighted by molar-refractivity contribution is 0.271. The number of nitrogens with one attached hydrogen (secondary N) is 1. The minimum Gasteiger partial charge on any atom is -0.307 e. The molecule has 1 nitrogen and oxygen atoms in total. The summed E-state index contributed by atoms with van der Waals surface area (Å²) in [6.45, 7) is 2.26. The van der Waals surface area contributed by atoms with E-state index in [0.717, 1.165) is 5.92 Å². The number of hydrogen-bond donors (Lipinski definition) is 1. The maximum absolute atomic E-state index is 3.73. The van der Waals surface area contributed by atoms with E-state index in [1.54, 1.807) is 0 Å². The molecular formula is C18H21N. The molecule has 3 rings (SSSR count). The predicted octanol–water partition coefficient (Wildman–Crippen LogP) is 4.28. The zero-order chi connectivity index (χ0) is 13.1. The SMILES string of the molecule is C[C@@H](NC1CC(c2ccccc2)C1)c1ccccc1. The van der Waals surface area contributed by atoms with E-state index in [-0.39, 0.29) is 0 Å². The molecule has 0 aromatic heterocycles. The molecule has 2 aromatic rings. The van der Waals surface area contributed by atoms with Crippen molar-refractivity contribution >= 4 is 0 Å². The Labute approximate surface area is 115 Å². The highest BCUT2D eigenvalue weighted by Crippen LogP contribution is 2.37. The van der Waals surface area contributed by atoms with Crippen LogP contribution >= 0.6 is 0 Å². The first-order valence-electron chi connectivity index (χ1n) is 7.19. The van der Waals surface area contributed by atoms with Crippen molar-refractivity contribution in [3.8, 4) is 0 Å². The lowest BCUT2D eigenvalue weighted by atomic mass is 9.75. The van der Waals surface area contributed by atoms with Crippen LogP contribution in [0.2, 0.25) is 0 Å². The van der Waals surface area contributed by atoms with Crippen molar-refractivity contribution < 1.29 is 0 Å². The van der Waals surface area contributed by atoms with Gasteiger partial charge in [-0.1, -0.05) is 60.7 Å². The van der Waals surface area contributed by atoms with Gasteiger partial charge in [0.15, 0.2) is 0 Å². The van der Waals surface area contributed by atoms with Crippen molar-refractivity contribution in [1.82, 2.24) is 5.32 Å². The standard InChI is InChI=1S/C18H21N/c1-14(15-8-4-2-5-9-15)19-18-12-17(13-18)16-10-6-3-7-11-16/h2-11,14,17-19H,12-13H2,1H3/t14-,17?,18?/m1/s1. The van der Waals surface area contributed by atoms with Gasteiger partial charge in [-0.15, -0.1) is 0 Å². The van der Waals surface area contributed by atoms with Gasteiger partial charge in [0.1, 0.15) is 0 Å². The zero-order valence-electron chi connectivity index (χ0n) is 11.4. The summed E-state index contributed by atoms with van der Waals surface area (Å²) in [6.07, 6.45) is 2.53. The fourth-order valence-corrected chi connectivity index (χ4v) is 2.94. The molecule has 1 aliphatic carbocycles. The lowest BCUT2D eigenvalue weighted by Crippen LogP contribution is -2.41. The van der Waals surface area contributed by atoms with E-state index in [9.17, 15) is 0 Å². The van der Waals surface area contributed by atoms with Crippen LogP contribution in [0.4, 0.5) is 0 Å². The maximum atomic E-state index is 3.73. The second-order valence-corrected chi connectivity index (χ2v) is 5.57. The van der Waals surface area contributed by atoms with E-state index in [0.29, 0.717) is 12.1 Å². The second-order valence-electron chi connectivity index (χ2n) is 5.57. The molecule has 0 radical (unpaired) electrons. The largest absolute Gasteiger partial charge is 0.307 e. The van der Waals surface area contributed by atoms with Gasteiger partial charge in [0.25, 0.3) is 0 Å². The van der Waals surface area contributed by atoms with Gasteiger partial charge in [0.05, 0.1) is 0 Å². The van der Waals surface area contributed by atoms with Crippen molar-refractivity contribution in [1.29, 1.82) is 0 Å². The Morgan fingerprint density at radius 1 is 0.895 bits per heavy atom. The van der Waals surface area contributed by atoms with Gasteiger partial charge >= 0.3 is 0 Å². The fourth-order valence-electron chi connectivity index (χ4n) is 2.94. The van der Waals surface area contributed by atoms with Gasteiger partial charge in [-0.2, -0.15) is 0 Å². The van der Waals surface area contributed by atoms with E-state index in [2.05, 4.69) is 72.9 Å². The molecule has 0 aliphatic heterocycles. The molecular weight excluding hydrogens is 230 g/mol. The Hall–Kier alpha value is -1.60. The molecule has 1 atom stereocenters. The third-order valence-electron chi connectivity index (χ3n) is 4.19. The molecule has 1 fully saturated rings. The summed E-state index contributed by atoms with van der Waals surface area (Å²) in [7, 11) is 0. The molecule has 1 heteroatoms. The first-order chi connectivity index (χ1) is 9.33. The van der Waals surface area contributed by atoms with Gasteiger partial charge in [0, 0.05) is 12.1 Å². The average molecular weight is 251 g/mol. The van der Waals surface area contributed by atoms with Crippen LogP contribution < -0.4 is 5.32 Å². The van der Waals surface area contributed by atoms with Crippen molar-refractivity contribution in [3.05, 3.63) is 71.8 Å². The molecule has 0 bridgehead atoms. The molecule has 2 aromatic carbocycles. The minimum atomic E-state index is 0.447. The second kappa shape index (κ2) is 5.58. The number of rotatable bonds is 4. The maximum Gasteiger partial charge on any atom is 0.0294 e. The van der Waals surface area contributed by atoms with Gasteiger partial charge in [-0.3, -0.25) is 0 Å². The smallest absolute Gasteiger partial charge is 0.0294 e. The summed E-state index contributed by atoms with van der Waals surface area (Å²) in [5, 5.41) is 3.73. The molecule has 0 spiro atoms. The van der Waals surface area contributed by atoms with E-state index in [1.165, 1.54) is 24.0 Å². The van der Waals surface area contributed by atoms with Crippen LogP contribution in [0.3, 0.4) is 0 Å². The number of hydrogen-bond acceptors (Lipinski definition) is 1. The van der Waals surface area contributed by atoms with E-state index in [4.69, 9.17) is 0 Å². The highest BCUT2D eigenvalue weighted by atomic mass is 15.0. The monoisotopic (exact) mass is 251 g/mol. The van der Waals surface area contributed by atoms with Crippen LogP contribution in [0.15, 0.2) is 60.7 Å². The van der Waals surface area contributed by atoms with Crippen molar-refractivity contribution in [2.45, 2.75) is 37.8 Å². The highest BCUT2D eigenvalue weighted by Gasteiger charge is 2.30. The minimum absolute atomic E-state index is 0.447. The van der Waals surface area contributed by atoms with Gasteiger partial charge in [-0.05, 0) is 36.8 Å². The van der Waals surface area contributed by atoms with Gasteiger partial charge in [-0.25, -0.2) is 0 Å².